The summed E-state index contributed by atoms with van der Waals surface area (Å²) in [6, 6.07) is 19.7. The minimum atomic E-state index is -1.16. The van der Waals surface area contributed by atoms with Crippen molar-refractivity contribution in [3.8, 4) is 0 Å². The Bertz CT molecular complexity index is 808. The Morgan fingerprint density at radius 2 is 1.65 bits per heavy atom. The minimum absolute atomic E-state index is 0.155. The molecule has 0 heterocycles. The van der Waals surface area contributed by atoms with E-state index in [9.17, 15) is 9.59 Å². The Morgan fingerprint density at radius 3 is 2.23 bits per heavy atom. The molecular formula is C23H24O3. The van der Waals surface area contributed by atoms with Gasteiger partial charge < -0.3 is 4.74 Å². The molecule has 0 saturated heterocycles. The molecule has 1 aliphatic carbocycles. The molecule has 0 aliphatic heterocycles. The monoisotopic (exact) mass is 348 g/mol. The van der Waals surface area contributed by atoms with Crippen molar-refractivity contribution >= 4 is 17.3 Å². The molecule has 134 valence electrons. The van der Waals surface area contributed by atoms with E-state index in [2.05, 4.69) is 0 Å². The zero-order valence-corrected chi connectivity index (χ0v) is 15.3. The molecular weight excluding hydrogens is 324 g/mol. The SMILES string of the molecule is CCOC(=O)[C@]1(CC)C(=O)C=C(c2ccccc2)C[C@@H]1c1ccccc1. The third-order valence-electron chi connectivity index (χ3n) is 5.31. The summed E-state index contributed by atoms with van der Waals surface area (Å²) in [4.78, 5) is 26.2. The first-order chi connectivity index (χ1) is 12.6. The average Bonchev–Trinajstić information content (AvgIpc) is 2.69. The number of allylic oxidation sites excluding steroid dienone is 2. The number of esters is 1. The third kappa shape index (κ3) is 3.10. The second kappa shape index (κ2) is 7.69. The third-order valence-corrected chi connectivity index (χ3v) is 5.31. The minimum Gasteiger partial charge on any atom is -0.465 e. The molecule has 3 heteroatoms. The van der Waals surface area contributed by atoms with Crippen LogP contribution in [-0.2, 0) is 14.3 Å². The van der Waals surface area contributed by atoms with E-state index in [0.717, 1.165) is 16.7 Å². The van der Waals surface area contributed by atoms with E-state index in [0.29, 0.717) is 12.8 Å². The van der Waals surface area contributed by atoms with Gasteiger partial charge in [-0.3, -0.25) is 9.59 Å². The van der Waals surface area contributed by atoms with Gasteiger partial charge in [0.25, 0.3) is 0 Å². The summed E-state index contributed by atoms with van der Waals surface area (Å²) < 4.78 is 5.35. The average molecular weight is 348 g/mol. The lowest BCUT2D eigenvalue weighted by Crippen LogP contribution is -2.46. The summed E-state index contributed by atoms with van der Waals surface area (Å²) in [6.07, 6.45) is 2.70. The largest absolute Gasteiger partial charge is 0.465 e. The summed E-state index contributed by atoms with van der Waals surface area (Å²) in [6.45, 7) is 3.94. The van der Waals surface area contributed by atoms with Crippen molar-refractivity contribution in [2.75, 3.05) is 6.61 Å². The van der Waals surface area contributed by atoms with Crippen molar-refractivity contribution in [3.63, 3.8) is 0 Å². The van der Waals surface area contributed by atoms with Crippen molar-refractivity contribution in [1.82, 2.24) is 0 Å². The molecule has 2 atom stereocenters. The molecule has 0 saturated carbocycles. The lowest BCUT2D eigenvalue weighted by Gasteiger charge is -2.40. The normalized spacial score (nSPS) is 22.6. The van der Waals surface area contributed by atoms with Crippen molar-refractivity contribution in [1.29, 1.82) is 0 Å². The van der Waals surface area contributed by atoms with Crippen LogP contribution < -0.4 is 0 Å². The van der Waals surface area contributed by atoms with Gasteiger partial charge in [0.1, 0.15) is 5.41 Å². The van der Waals surface area contributed by atoms with Gasteiger partial charge in [0.2, 0.25) is 0 Å². The van der Waals surface area contributed by atoms with Gasteiger partial charge in [0.05, 0.1) is 6.61 Å². The number of carbonyl (C=O) groups is 2. The summed E-state index contributed by atoms with van der Waals surface area (Å²) in [5, 5.41) is 0. The smallest absolute Gasteiger partial charge is 0.320 e. The Kier molecular flexibility index (Phi) is 5.36. The summed E-state index contributed by atoms with van der Waals surface area (Å²) in [7, 11) is 0. The second-order valence-corrected chi connectivity index (χ2v) is 6.61. The number of ketones is 1. The van der Waals surface area contributed by atoms with E-state index in [-0.39, 0.29) is 18.3 Å². The van der Waals surface area contributed by atoms with Crippen molar-refractivity contribution in [3.05, 3.63) is 77.9 Å². The van der Waals surface area contributed by atoms with Crippen LogP contribution in [0.15, 0.2) is 66.7 Å². The van der Waals surface area contributed by atoms with Crippen LogP contribution in [0.2, 0.25) is 0 Å². The molecule has 3 nitrogen and oxygen atoms in total. The molecule has 2 aromatic carbocycles. The first kappa shape index (κ1) is 18.1. The van der Waals surface area contributed by atoms with E-state index < -0.39 is 11.4 Å². The Balaban J connectivity index is 2.13. The highest BCUT2D eigenvalue weighted by Gasteiger charge is 2.53. The molecule has 26 heavy (non-hydrogen) atoms. The van der Waals surface area contributed by atoms with Crippen LogP contribution in [0.4, 0.5) is 0 Å². The molecule has 0 spiro atoms. The van der Waals surface area contributed by atoms with E-state index in [1.165, 1.54) is 0 Å². The van der Waals surface area contributed by atoms with Crippen molar-refractivity contribution in [2.45, 2.75) is 32.6 Å². The van der Waals surface area contributed by atoms with Crippen LogP contribution in [-0.4, -0.2) is 18.4 Å². The number of benzene rings is 2. The Hall–Kier alpha value is -2.68. The summed E-state index contributed by atoms with van der Waals surface area (Å²) in [5.41, 5.74) is 1.83. The number of hydrogen-bond donors (Lipinski definition) is 0. The fourth-order valence-corrected chi connectivity index (χ4v) is 3.92. The fraction of sp³-hybridized carbons (Fsp3) is 0.304. The van der Waals surface area contributed by atoms with Crippen LogP contribution in [0, 0.1) is 5.41 Å². The van der Waals surface area contributed by atoms with E-state index in [1.54, 1.807) is 13.0 Å². The van der Waals surface area contributed by atoms with Gasteiger partial charge in [-0.1, -0.05) is 67.6 Å². The lowest BCUT2D eigenvalue weighted by atomic mass is 9.61. The van der Waals surface area contributed by atoms with E-state index in [1.807, 2.05) is 67.6 Å². The molecule has 0 N–H and O–H groups in total. The van der Waals surface area contributed by atoms with Gasteiger partial charge in [-0.15, -0.1) is 0 Å². The van der Waals surface area contributed by atoms with Gasteiger partial charge in [0.15, 0.2) is 5.78 Å². The lowest BCUT2D eigenvalue weighted by molar-refractivity contribution is -0.161. The highest BCUT2D eigenvalue weighted by atomic mass is 16.5. The summed E-state index contributed by atoms with van der Waals surface area (Å²) in [5.74, 6) is -0.803. The Labute approximate surface area is 154 Å². The first-order valence-corrected chi connectivity index (χ1v) is 9.16. The molecule has 0 amide bonds. The standard InChI is InChI=1S/C23H24O3/c1-3-23(22(25)26-4-2)20(18-13-9-6-10-14-18)15-19(16-21(23)24)17-11-7-5-8-12-17/h5-14,16,20H,3-4,15H2,1-2H3/t20-,23+/m1/s1. The molecule has 2 aromatic rings. The maximum atomic E-state index is 13.3. The topological polar surface area (TPSA) is 43.4 Å². The predicted molar refractivity (Wildman–Crippen MR) is 103 cm³/mol. The van der Waals surface area contributed by atoms with Crippen molar-refractivity contribution in [2.24, 2.45) is 5.41 Å². The number of rotatable bonds is 5. The molecule has 0 unspecified atom stereocenters. The number of carbonyl (C=O) groups excluding carboxylic acids is 2. The van der Waals surface area contributed by atoms with Gasteiger partial charge >= 0.3 is 5.97 Å². The maximum absolute atomic E-state index is 13.3. The van der Waals surface area contributed by atoms with Crippen LogP contribution in [0.3, 0.4) is 0 Å². The molecule has 0 radical (unpaired) electrons. The van der Waals surface area contributed by atoms with E-state index in [4.69, 9.17) is 4.74 Å². The van der Waals surface area contributed by atoms with E-state index >= 15 is 0 Å². The zero-order valence-electron chi connectivity index (χ0n) is 15.3. The maximum Gasteiger partial charge on any atom is 0.320 e. The molecule has 0 aromatic heterocycles. The van der Waals surface area contributed by atoms with Crippen LogP contribution in [0.5, 0.6) is 0 Å². The molecule has 0 bridgehead atoms. The predicted octanol–water partition coefficient (Wildman–Crippen LogP) is 4.79. The Morgan fingerprint density at radius 1 is 1.04 bits per heavy atom. The summed E-state index contributed by atoms with van der Waals surface area (Å²) >= 11 is 0. The van der Waals surface area contributed by atoms with Gasteiger partial charge in [-0.2, -0.15) is 0 Å². The highest BCUT2D eigenvalue weighted by molar-refractivity contribution is 6.14. The second-order valence-electron chi connectivity index (χ2n) is 6.61. The zero-order chi connectivity index (χ0) is 18.6. The number of hydrogen-bond acceptors (Lipinski definition) is 3. The highest BCUT2D eigenvalue weighted by Crippen LogP contribution is 2.50. The van der Waals surface area contributed by atoms with Gasteiger partial charge in [0, 0.05) is 5.92 Å². The quantitative estimate of drug-likeness (QED) is 0.576. The van der Waals surface area contributed by atoms with Gasteiger partial charge in [-0.05, 0) is 42.5 Å². The number of ether oxygens (including phenoxy) is 1. The van der Waals surface area contributed by atoms with Crippen molar-refractivity contribution < 1.29 is 14.3 Å². The van der Waals surface area contributed by atoms with Crippen LogP contribution >= 0.6 is 0 Å². The van der Waals surface area contributed by atoms with Crippen LogP contribution in [0.25, 0.3) is 5.57 Å². The van der Waals surface area contributed by atoms with Crippen LogP contribution in [0.1, 0.15) is 43.7 Å². The molecule has 0 fully saturated rings. The first-order valence-electron chi connectivity index (χ1n) is 9.16. The molecule has 3 rings (SSSR count). The fourth-order valence-electron chi connectivity index (χ4n) is 3.92. The molecule has 1 aliphatic rings. The van der Waals surface area contributed by atoms with Gasteiger partial charge in [-0.25, -0.2) is 0 Å².